The molecule has 20 nitrogen and oxygen atoms in total. The lowest BCUT2D eigenvalue weighted by Gasteiger charge is -2.31. The highest BCUT2D eigenvalue weighted by Crippen LogP contribution is 2.23. The average Bonchev–Trinajstić information content (AvgIpc) is 2.94. The second-order valence-corrected chi connectivity index (χ2v) is 6.71. The smallest absolute Gasteiger partial charge is 0.284 e. The fourth-order valence-electron chi connectivity index (χ4n) is 2.99. The molecule has 2 heterocycles. The van der Waals surface area contributed by atoms with Crippen molar-refractivity contribution in [3.8, 4) is 0 Å². The molecule has 2 rings (SSSR count). The third-order valence-electron chi connectivity index (χ3n) is 4.59. The highest BCUT2D eigenvalue weighted by molar-refractivity contribution is 5.44. The summed E-state index contributed by atoms with van der Waals surface area (Å²) >= 11 is 0. The summed E-state index contributed by atoms with van der Waals surface area (Å²) in [7, 11) is 12.9. The summed E-state index contributed by atoms with van der Waals surface area (Å²) in [4.78, 5) is 67.9. The third-order valence-corrected chi connectivity index (χ3v) is 4.59. The lowest BCUT2D eigenvalue weighted by molar-refractivity contribution is -0.0526. The van der Waals surface area contributed by atoms with E-state index < -0.39 is 6.04 Å². The van der Waals surface area contributed by atoms with Gasteiger partial charge in [-0.1, -0.05) is 15.7 Å². The Bertz CT molecular complexity index is 952. The fraction of sp³-hybridized carbons (Fsp3) is 0.667. The van der Waals surface area contributed by atoms with Crippen molar-refractivity contribution < 1.29 is 38.7 Å². The van der Waals surface area contributed by atoms with Crippen molar-refractivity contribution in [3.05, 3.63) is 0 Å². The monoisotopic (exact) mass is 546 g/mol. The van der Waals surface area contributed by atoms with Gasteiger partial charge in [0.1, 0.15) is 0 Å². The van der Waals surface area contributed by atoms with Crippen molar-refractivity contribution in [3.63, 3.8) is 0 Å². The van der Waals surface area contributed by atoms with Gasteiger partial charge >= 0.3 is 0 Å². The van der Waals surface area contributed by atoms with Crippen LogP contribution in [-0.2, 0) is 38.7 Å². The molecule has 1 atom stereocenters. The maximum absolute atomic E-state index is 5.61. The first kappa shape index (κ1) is 30.7. The SMILES string of the molecule is CNc1nc(N(CC(C)N(OC)c2nc(N(OC)OC)nc(N(OC)OC)n2)OC)nc(N(OC)OC)n1. The minimum absolute atomic E-state index is 0.0214. The van der Waals surface area contributed by atoms with Crippen LogP contribution in [0.1, 0.15) is 6.92 Å². The van der Waals surface area contributed by atoms with Gasteiger partial charge in [-0.05, 0) is 6.92 Å². The van der Waals surface area contributed by atoms with Gasteiger partial charge in [0.25, 0.3) is 29.7 Å². The molecular formula is C18H34N12O8. The van der Waals surface area contributed by atoms with Crippen molar-refractivity contribution in [1.82, 2.24) is 29.9 Å². The van der Waals surface area contributed by atoms with E-state index in [1.807, 2.05) is 6.92 Å². The maximum Gasteiger partial charge on any atom is 0.284 e. The minimum atomic E-state index is -0.473. The zero-order chi connectivity index (χ0) is 28.2. The molecule has 0 aromatic carbocycles. The van der Waals surface area contributed by atoms with Crippen LogP contribution in [0.25, 0.3) is 0 Å². The number of hydroxylamine groups is 2. The quantitative estimate of drug-likeness (QED) is 0.255. The summed E-state index contributed by atoms with van der Waals surface area (Å²) in [5.74, 6) is 0.488. The minimum Gasteiger partial charge on any atom is -0.357 e. The molecule has 0 spiro atoms. The van der Waals surface area contributed by atoms with E-state index in [0.717, 1.165) is 15.7 Å². The molecule has 2 aromatic rings. The average molecular weight is 547 g/mol. The number of rotatable bonds is 17. The van der Waals surface area contributed by atoms with E-state index in [9.17, 15) is 0 Å². The molecule has 0 radical (unpaired) electrons. The highest BCUT2D eigenvalue weighted by atomic mass is 17.0. The molecule has 214 valence electrons. The van der Waals surface area contributed by atoms with Crippen molar-refractivity contribution in [2.75, 3.05) is 102 Å². The molecule has 0 saturated heterocycles. The number of anilines is 6. The molecular weight excluding hydrogens is 512 g/mol. The summed E-state index contributed by atoms with van der Waals surface area (Å²) in [6, 6.07) is -0.473. The van der Waals surface area contributed by atoms with E-state index in [2.05, 4.69) is 35.2 Å². The van der Waals surface area contributed by atoms with Crippen molar-refractivity contribution in [2.45, 2.75) is 13.0 Å². The second kappa shape index (κ2) is 15.0. The van der Waals surface area contributed by atoms with Crippen LogP contribution in [0, 0.1) is 0 Å². The Morgan fingerprint density at radius 2 is 0.947 bits per heavy atom. The molecule has 38 heavy (non-hydrogen) atoms. The molecule has 1 unspecified atom stereocenters. The molecule has 0 aliphatic carbocycles. The zero-order valence-electron chi connectivity index (χ0n) is 23.0. The van der Waals surface area contributed by atoms with E-state index in [0.29, 0.717) is 0 Å². The highest BCUT2D eigenvalue weighted by Gasteiger charge is 2.27. The molecule has 0 aliphatic rings. The predicted octanol–water partition coefficient (Wildman–Crippen LogP) is -0.290. The van der Waals surface area contributed by atoms with Gasteiger partial charge in [-0.2, -0.15) is 29.9 Å². The van der Waals surface area contributed by atoms with Crippen molar-refractivity contribution in [2.24, 2.45) is 0 Å². The van der Waals surface area contributed by atoms with Crippen molar-refractivity contribution in [1.29, 1.82) is 0 Å². The van der Waals surface area contributed by atoms with Crippen LogP contribution in [0.5, 0.6) is 0 Å². The molecule has 0 fully saturated rings. The summed E-state index contributed by atoms with van der Waals surface area (Å²) in [5.41, 5.74) is 0. The first-order chi connectivity index (χ1) is 18.3. The molecule has 20 heteroatoms. The normalized spacial score (nSPS) is 11.7. The molecule has 1 N–H and O–H groups in total. The van der Waals surface area contributed by atoms with Crippen LogP contribution >= 0.6 is 0 Å². The van der Waals surface area contributed by atoms with Crippen LogP contribution in [0.15, 0.2) is 0 Å². The molecule has 2 aromatic heterocycles. The Morgan fingerprint density at radius 1 is 0.553 bits per heavy atom. The molecule has 0 bridgehead atoms. The lowest BCUT2D eigenvalue weighted by Crippen LogP contribution is -2.43. The van der Waals surface area contributed by atoms with Crippen LogP contribution in [0.4, 0.5) is 35.7 Å². The predicted molar refractivity (Wildman–Crippen MR) is 132 cm³/mol. The summed E-state index contributed by atoms with van der Waals surface area (Å²) < 4.78 is 0. The van der Waals surface area contributed by atoms with Crippen LogP contribution in [0.2, 0.25) is 0 Å². The summed E-state index contributed by atoms with van der Waals surface area (Å²) in [6.45, 7) is 1.98. The van der Waals surface area contributed by atoms with E-state index in [1.165, 1.54) is 67.0 Å². The number of aromatic nitrogens is 6. The van der Waals surface area contributed by atoms with Gasteiger partial charge in [-0.3, -0.25) is 9.68 Å². The van der Waals surface area contributed by atoms with Gasteiger partial charge in [0.15, 0.2) is 0 Å². The second-order valence-electron chi connectivity index (χ2n) is 6.71. The number of nitrogens with one attached hydrogen (secondary N) is 1. The van der Waals surface area contributed by atoms with Gasteiger partial charge in [-0.15, -0.1) is 0 Å². The number of hydrogen-bond acceptors (Lipinski definition) is 20. The Labute approximate surface area is 219 Å². The first-order valence-corrected chi connectivity index (χ1v) is 10.8. The number of hydrogen-bond donors (Lipinski definition) is 1. The van der Waals surface area contributed by atoms with E-state index >= 15 is 0 Å². The molecule has 0 saturated carbocycles. The van der Waals surface area contributed by atoms with E-state index in [-0.39, 0.29) is 42.2 Å². The van der Waals surface area contributed by atoms with Crippen molar-refractivity contribution >= 4 is 35.7 Å². The first-order valence-electron chi connectivity index (χ1n) is 10.8. The van der Waals surface area contributed by atoms with Gasteiger partial charge in [-0.25, -0.2) is 39.2 Å². The van der Waals surface area contributed by atoms with Gasteiger partial charge < -0.3 is 5.32 Å². The van der Waals surface area contributed by atoms with E-state index in [4.69, 9.17) is 38.7 Å². The Morgan fingerprint density at radius 3 is 1.34 bits per heavy atom. The zero-order valence-corrected chi connectivity index (χ0v) is 23.0. The van der Waals surface area contributed by atoms with Gasteiger partial charge in [0.2, 0.25) is 5.95 Å². The third kappa shape index (κ3) is 7.29. The largest absolute Gasteiger partial charge is 0.357 e. The Balaban J connectivity index is 2.46. The molecule has 0 amide bonds. The van der Waals surface area contributed by atoms with Crippen LogP contribution in [0.3, 0.4) is 0 Å². The standard InChI is InChI=1S/C18H34N12O8/c1-12(11-26(31-3)14-20-13(19-2)21-16(22-14)28(33-5)34-6)27(32-4)15-23-17(29(35-7)36-8)25-18(24-15)30(37-9)38-10/h12H,11H2,1-10H3,(H,19,20,21,22). The topological polar surface area (TPSA) is 179 Å². The lowest BCUT2D eigenvalue weighted by atomic mass is 10.3. The van der Waals surface area contributed by atoms with E-state index in [1.54, 1.807) is 7.05 Å². The van der Waals surface area contributed by atoms with Gasteiger partial charge in [0.05, 0.1) is 69.5 Å². The van der Waals surface area contributed by atoms with Crippen LogP contribution < -0.4 is 31.1 Å². The van der Waals surface area contributed by atoms with Gasteiger partial charge in [0, 0.05) is 7.05 Å². The van der Waals surface area contributed by atoms with Crippen LogP contribution in [-0.4, -0.2) is 106 Å². The Kier molecular flexibility index (Phi) is 12.2. The molecule has 0 aliphatic heterocycles. The Hall–Kier alpha value is -3.50. The fourth-order valence-corrected chi connectivity index (χ4v) is 2.99. The summed E-state index contributed by atoms with van der Waals surface area (Å²) in [6.07, 6.45) is 0. The summed E-state index contributed by atoms with van der Waals surface area (Å²) in [5, 5.41) is 8.58. The maximum atomic E-state index is 5.61. The number of nitrogens with zero attached hydrogens (tertiary/aromatic N) is 11.